The second-order valence-electron chi connectivity index (χ2n) is 5.34. The van der Waals surface area contributed by atoms with Crippen molar-refractivity contribution in [3.8, 4) is 5.75 Å². The van der Waals surface area contributed by atoms with Crippen LogP contribution >= 0.6 is 15.9 Å². The van der Waals surface area contributed by atoms with Crippen molar-refractivity contribution < 1.29 is 18.3 Å². The summed E-state index contributed by atoms with van der Waals surface area (Å²) in [7, 11) is -2.93. The molecule has 2 aliphatic heterocycles. The lowest BCUT2D eigenvalue weighted by Crippen LogP contribution is -2.47. The van der Waals surface area contributed by atoms with Crippen LogP contribution in [-0.2, 0) is 9.84 Å². The highest BCUT2D eigenvalue weighted by Crippen LogP contribution is 2.45. The first-order valence-electron chi connectivity index (χ1n) is 6.26. The highest BCUT2D eigenvalue weighted by molar-refractivity contribution is 9.10. The Hall–Kier alpha value is -0.590. The molecule has 1 N–H and O–H groups in total. The number of benzene rings is 1. The lowest BCUT2D eigenvalue weighted by atomic mass is 9.84. The third kappa shape index (κ3) is 2.53. The molecular formula is C13H15BrO4S. The molecule has 104 valence electrons. The quantitative estimate of drug-likeness (QED) is 0.782. The minimum atomic E-state index is -2.93. The van der Waals surface area contributed by atoms with Gasteiger partial charge in [-0.1, -0.05) is 15.9 Å². The molecule has 1 fully saturated rings. The van der Waals surface area contributed by atoms with Crippen LogP contribution in [0.25, 0.3) is 0 Å². The van der Waals surface area contributed by atoms with Crippen LogP contribution in [0.1, 0.15) is 30.9 Å². The summed E-state index contributed by atoms with van der Waals surface area (Å²) in [5.41, 5.74) is 0.249. The average molecular weight is 347 g/mol. The second-order valence-corrected chi connectivity index (χ2v) is 8.56. The van der Waals surface area contributed by atoms with E-state index in [0.29, 0.717) is 25.0 Å². The van der Waals surface area contributed by atoms with Crippen molar-refractivity contribution in [1.82, 2.24) is 0 Å². The number of hydrogen-bond acceptors (Lipinski definition) is 4. The fourth-order valence-corrected chi connectivity index (χ4v) is 4.78. The first-order chi connectivity index (χ1) is 8.89. The lowest BCUT2D eigenvalue weighted by molar-refractivity contribution is -0.0208. The Balaban J connectivity index is 1.91. The molecule has 4 nitrogen and oxygen atoms in total. The molecule has 0 radical (unpaired) electrons. The number of halogens is 1. The van der Waals surface area contributed by atoms with E-state index in [1.807, 2.05) is 18.2 Å². The van der Waals surface area contributed by atoms with E-state index in [0.717, 1.165) is 10.0 Å². The van der Waals surface area contributed by atoms with Crippen molar-refractivity contribution >= 4 is 25.8 Å². The predicted molar refractivity (Wildman–Crippen MR) is 75.0 cm³/mol. The number of aliphatic hydroxyl groups excluding tert-OH is 1. The molecule has 0 unspecified atom stereocenters. The van der Waals surface area contributed by atoms with Crippen LogP contribution in [0, 0.1) is 0 Å². The largest absolute Gasteiger partial charge is 0.487 e. The van der Waals surface area contributed by atoms with Crippen molar-refractivity contribution in [3.05, 3.63) is 28.2 Å². The molecule has 0 bridgehead atoms. The third-order valence-electron chi connectivity index (χ3n) is 3.96. The predicted octanol–water partition coefficient (Wildman–Crippen LogP) is 2.21. The lowest BCUT2D eigenvalue weighted by Gasteiger charge is -2.43. The highest BCUT2D eigenvalue weighted by atomic mass is 79.9. The zero-order chi connectivity index (χ0) is 13.7. The molecule has 0 saturated carbocycles. The molecule has 6 heteroatoms. The molecule has 3 rings (SSSR count). The van der Waals surface area contributed by atoms with Gasteiger partial charge >= 0.3 is 0 Å². The summed E-state index contributed by atoms with van der Waals surface area (Å²) in [6.07, 6.45) is 0.789. The number of fused-ring (bicyclic) bond motifs is 1. The molecule has 1 aromatic rings. The maximum Gasteiger partial charge on any atom is 0.150 e. The van der Waals surface area contributed by atoms with Crippen LogP contribution in [0.5, 0.6) is 5.75 Å². The number of aliphatic hydroxyl groups is 1. The number of sulfone groups is 1. The topological polar surface area (TPSA) is 63.6 Å². The number of hydrogen-bond donors (Lipinski definition) is 1. The van der Waals surface area contributed by atoms with Crippen LogP contribution in [0.4, 0.5) is 0 Å². The maximum absolute atomic E-state index is 11.5. The van der Waals surface area contributed by atoms with Gasteiger partial charge in [0.15, 0.2) is 9.84 Å². The van der Waals surface area contributed by atoms with Gasteiger partial charge in [0, 0.05) is 29.3 Å². The molecule has 2 heterocycles. The molecule has 1 atom stereocenters. The summed E-state index contributed by atoms with van der Waals surface area (Å²) < 4.78 is 30.0. The molecule has 2 aliphatic rings. The van der Waals surface area contributed by atoms with E-state index < -0.39 is 21.5 Å². The van der Waals surface area contributed by atoms with E-state index in [-0.39, 0.29) is 11.5 Å². The zero-order valence-electron chi connectivity index (χ0n) is 10.3. The van der Waals surface area contributed by atoms with E-state index in [1.54, 1.807) is 0 Å². The molecule has 0 amide bonds. The van der Waals surface area contributed by atoms with Crippen LogP contribution < -0.4 is 4.74 Å². The Labute approximate surface area is 120 Å². The van der Waals surface area contributed by atoms with Gasteiger partial charge in [-0.15, -0.1) is 0 Å². The number of ether oxygens (including phenoxy) is 1. The van der Waals surface area contributed by atoms with Crippen LogP contribution in [-0.4, -0.2) is 30.6 Å². The van der Waals surface area contributed by atoms with Crippen molar-refractivity contribution in [2.75, 3.05) is 11.5 Å². The van der Waals surface area contributed by atoms with Crippen LogP contribution in [0.2, 0.25) is 0 Å². The molecular weight excluding hydrogens is 332 g/mol. The van der Waals surface area contributed by atoms with Gasteiger partial charge in [0.05, 0.1) is 17.6 Å². The fourth-order valence-electron chi connectivity index (χ4n) is 2.83. The fraction of sp³-hybridized carbons (Fsp3) is 0.538. The first-order valence-corrected chi connectivity index (χ1v) is 8.88. The minimum absolute atomic E-state index is 0.144. The molecule has 19 heavy (non-hydrogen) atoms. The van der Waals surface area contributed by atoms with Gasteiger partial charge in [-0.05, 0) is 18.2 Å². The minimum Gasteiger partial charge on any atom is -0.487 e. The summed E-state index contributed by atoms with van der Waals surface area (Å²) in [5, 5.41) is 10.3. The Bertz CT molecular complexity index is 597. The Morgan fingerprint density at radius 3 is 2.68 bits per heavy atom. The Kier molecular flexibility index (Phi) is 3.15. The van der Waals surface area contributed by atoms with E-state index >= 15 is 0 Å². The van der Waals surface area contributed by atoms with E-state index in [1.165, 1.54) is 0 Å². The van der Waals surface area contributed by atoms with Crippen molar-refractivity contribution in [3.63, 3.8) is 0 Å². The molecule has 0 aromatic heterocycles. The van der Waals surface area contributed by atoms with Gasteiger partial charge in [-0.25, -0.2) is 8.42 Å². The van der Waals surface area contributed by atoms with Gasteiger partial charge < -0.3 is 9.84 Å². The monoisotopic (exact) mass is 346 g/mol. The van der Waals surface area contributed by atoms with E-state index in [4.69, 9.17) is 4.74 Å². The summed E-state index contributed by atoms with van der Waals surface area (Å²) in [4.78, 5) is 0. The molecule has 1 aromatic carbocycles. The van der Waals surface area contributed by atoms with Crippen LogP contribution in [0.15, 0.2) is 22.7 Å². The number of rotatable bonds is 0. The van der Waals surface area contributed by atoms with Gasteiger partial charge in [0.25, 0.3) is 0 Å². The summed E-state index contributed by atoms with van der Waals surface area (Å²) in [6, 6.07) is 5.54. The smallest absolute Gasteiger partial charge is 0.150 e. The Morgan fingerprint density at radius 1 is 1.32 bits per heavy atom. The van der Waals surface area contributed by atoms with Crippen molar-refractivity contribution in [2.24, 2.45) is 0 Å². The van der Waals surface area contributed by atoms with Gasteiger partial charge in [0.2, 0.25) is 0 Å². The molecule has 1 saturated heterocycles. The maximum atomic E-state index is 11.5. The zero-order valence-corrected chi connectivity index (χ0v) is 12.7. The standard InChI is InChI=1S/C13H15BrO4S/c14-9-1-2-12-10(7-9)11(15)8-13(18-12)3-5-19(16,17)6-4-13/h1-2,7,11,15H,3-6,8H2/t11-/m1/s1. The van der Waals surface area contributed by atoms with Gasteiger partial charge in [0.1, 0.15) is 11.4 Å². The van der Waals surface area contributed by atoms with E-state index in [9.17, 15) is 13.5 Å². The molecule has 0 aliphatic carbocycles. The van der Waals surface area contributed by atoms with Gasteiger partial charge in [-0.2, -0.15) is 0 Å². The Morgan fingerprint density at radius 2 is 2.00 bits per heavy atom. The summed E-state index contributed by atoms with van der Waals surface area (Å²) >= 11 is 3.37. The van der Waals surface area contributed by atoms with Gasteiger partial charge in [-0.3, -0.25) is 0 Å². The highest BCUT2D eigenvalue weighted by Gasteiger charge is 2.44. The van der Waals surface area contributed by atoms with Crippen molar-refractivity contribution in [1.29, 1.82) is 0 Å². The molecule has 1 spiro atoms. The summed E-state index contributed by atoms with van der Waals surface area (Å²) in [6.45, 7) is 0. The first kappa shape index (κ1) is 13.4. The second kappa shape index (κ2) is 4.46. The van der Waals surface area contributed by atoms with E-state index in [2.05, 4.69) is 15.9 Å². The SMILES string of the molecule is O=S1(=O)CCC2(CC1)C[C@@H](O)c1cc(Br)ccc1O2. The van der Waals surface area contributed by atoms with Crippen molar-refractivity contribution in [2.45, 2.75) is 31.0 Å². The van der Waals surface area contributed by atoms with Crippen LogP contribution in [0.3, 0.4) is 0 Å². The third-order valence-corrected chi connectivity index (χ3v) is 6.11. The average Bonchev–Trinajstić information content (AvgIpc) is 2.35. The summed E-state index contributed by atoms with van der Waals surface area (Å²) in [5.74, 6) is 0.957. The normalized spacial score (nSPS) is 27.6.